The molecule has 4 aromatic rings. The van der Waals surface area contributed by atoms with Crippen LogP contribution in [0.2, 0.25) is 0 Å². The second-order valence-electron chi connectivity index (χ2n) is 12.0. The summed E-state index contributed by atoms with van der Waals surface area (Å²) >= 11 is 0. The van der Waals surface area contributed by atoms with Crippen LogP contribution in [-0.4, -0.2) is 56.7 Å². The van der Waals surface area contributed by atoms with Crippen LogP contribution in [0.1, 0.15) is 30.5 Å². The quantitative estimate of drug-likeness (QED) is 0.0969. The van der Waals surface area contributed by atoms with E-state index in [1.165, 1.54) is 23.5 Å². The molecule has 4 rings (SSSR count). The molecule has 0 amide bonds. The Morgan fingerprint density at radius 3 is 1.83 bits per heavy atom. The molecule has 0 fully saturated rings. The number of nitrogens with two attached hydrogens (primary N) is 1. The molecule has 0 unspecified atom stereocenters. The van der Waals surface area contributed by atoms with E-state index < -0.39 is 29.8 Å². The molecule has 4 aromatic carbocycles. The monoisotopic (exact) mass is 695 g/mol. The van der Waals surface area contributed by atoms with E-state index >= 15 is 0 Å². The van der Waals surface area contributed by atoms with Crippen molar-refractivity contribution < 1.29 is 31.9 Å². The molecule has 12 heteroatoms. The van der Waals surface area contributed by atoms with Crippen LogP contribution in [0.3, 0.4) is 0 Å². The Hall–Kier alpha value is -3.54. The summed E-state index contributed by atoms with van der Waals surface area (Å²) in [4.78, 5) is 0.114. The van der Waals surface area contributed by atoms with Gasteiger partial charge in [0, 0.05) is 31.4 Å². The minimum Gasteiger partial charge on any atom is -0.497 e. The van der Waals surface area contributed by atoms with Crippen LogP contribution < -0.4 is 15.8 Å². The van der Waals surface area contributed by atoms with Crippen LogP contribution in [0.15, 0.2) is 114 Å². The topological polar surface area (TPSA) is 140 Å². The molecule has 0 spiro atoms. The van der Waals surface area contributed by atoms with E-state index in [0.717, 1.165) is 22.4 Å². The molecule has 0 aliphatic carbocycles. The van der Waals surface area contributed by atoms with Gasteiger partial charge in [-0.1, -0.05) is 86.6 Å². The molecule has 0 bridgehead atoms. The van der Waals surface area contributed by atoms with Crippen LogP contribution in [-0.2, 0) is 43.0 Å². The van der Waals surface area contributed by atoms with Crippen molar-refractivity contribution in [3.05, 3.63) is 126 Å². The lowest BCUT2D eigenvalue weighted by Gasteiger charge is -2.29. The van der Waals surface area contributed by atoms with Crippen LogP contribution in [0.25, 0.3) is 0 Å². The van der Waals surface area contributed by atoms with Gasteiger partial charge in [0.25, 0.3) is 0 Å². The number of ether oxygens (including phenoxy) is 1. The lowest BCUT2D eigenvalue weighted by molar-refractivity contribution is 0.120. The molecule has 0 saturated heterocycles. The standard InChI is InChI=1S/C36H46N3O7PS/c1-28(2)23-39(48(42,43)34-20-18-33(44-3)19-21-34)24-36(40)35(37)22-38-32-16-14-31(15-17-32)27-47(41,45-25-29-10-6-4-7-11-29)46-26-30-12-8-5-9-13-30/h4-21,28,35-36,38,40H,22-27,37H2,1-3H3/t35-,36+/m0/s1. The van der Waals surface area contributed by atoms with Crippen LogP contribution in [0.5, 0.6) is 5.75 Å². The van der Waals surface area contributed by atoms with Gasteiger partial charge in [-0.15, -0.1) is 0 Å². The summed E-state index contributed by atoms with van der Waals surface area (Å²) in [5.41, 5.74) is 9.60. The number of benzene rings is 4. The highest BCUT2D eigenvalue weighted by Gasteiger charge is 2.30. The molecule has 0 heterocycles. The first-order valence-electron chi connectivity index (χ1n) is 15.8. The summed E-state index contributed by atoms with van der Waals surface area (Å²) in [5.74, 6) is 0.577. The summed E-state index contributed by atoms with van der Waals surface area (Å²) in [6.07, 6.45) is -1.04. The molecule has 0 radical (unpaired) electrons. The molecular formula is C36H46N3O7PS. The Labute approximate surface area is 284 Å². The number of hydrogen-bond acceptors (Lipinski definition) is 9. The molecule has 0 aliphatic heterocycles. The first-order valence-corrected chi connectivity index (χ1v) is 19.0. The molecule has 0 saturated carbocycles. The Balaban J connectivity index is 1.36. The van der Waals surface area contributed by atoms with E-state index in [0.29, 0.717) is 5.75 Å². The van der Waals surface area contributed by atoms with Gasteiger partial charge in [0.15, 0.2) is 0 Å². The van der Waals surface area contributed by atoms with Crippen molar-refractivity contribution >= 4 is 23.3 Å². The van der Waals surface area contributed by atoms with Crippen molar-refractivity contribution in [1.29, 1.82) is 0 Å². The fourth-order valence-corrected chi connectivity index (χ4v) is 8.09. The molecule has 48 heavy (non-hydrogen) atoms. The largest absolute Gasteiger partial charge is 0.497 e. The zero-order chi connectivity index (χ0) is 34.6. The van der Waals surface area contributed by atoms with E-state index in [9.17, 15) is 18.1 Å². The molecular weight excluding hydrogens is 649 g/mol. The summed E-state index contributed by atoms with van der Waals surface area (Å²) in [6.45, 7) is 4.40. The molecule has 0 aromatic heterocycles. The number of aliphatic hydroxyl groups excluding tert-OH is 1. The molecule has 258 valence electrons. The number of methoxy groups -OCH3 is 1. The molecule has 0 aliphatic rings. The predicted octanol–water partition coefficient (Wildman–Crippen LogP) is 6.27. The third kappa shape index (κ3) is 11.3. The number of sulfonamides is 1. The second-order valence-corrected chi connectivity index (χ2v) is 16.0. The second kappa shape index (κ2) is 17.7. The summed E-state index contributed by atoms with van der Waals surface area (Å²) < 4.78 is 59.0. The van der Waals surface area contributed by atoms with Gasteiger partial charge in [0.1, 0.15) is 5.75 Å². The normalized spacial score (nSPS) is 13.4. The SMILES string of the molecule is COc1ccc(S(=O)(=O)N(CC(C)C)C[C@@H](O)[C@@H](N)CNc2ccc(CP(=O)(OCc3ccccc3)OCc3ccccc3)cc2)cc1. The highest BCUT2D eigenvalue weighted by atomic mass is 32.2. The van der Waals surface area contributed by atoms with Gasteiger partial charge in [-0.3, -0.25) is 4.57 Å². The van der Waals surface area contributed by atoms with Crippen molar-refractivity contribution in [2.75, 3.05) is 32.1 Å². The summed E-state index contributed by atoms with van der Waals surface area (Å²) in [7, 11) is -5.89. The third-order valence-corrected chi connectivity index (χ3v) is 11.2. The predicted molar refractivity (Wildman–Crippen MR) is 189 cm³/mol. The third-order valence-electron chi connectivity index (χ3n) is 7.56. The zero-order valence-electron chi connectivity index (χ0n) is 27.6. The fraction of sp³-hybridized carbons (Fsp3) is 0.333. The lowest BCUT2D eigenvalue weighted by atomic mass is 10.1. The Bertz CT molecular complexity index is 1640. The van der Waals surface area contributed by atoms with Crippen molar-refractivity contribution in [2.45, 2.75) is 50.3 Å². The van der Waals surface area contributed by atoms with Gasteiger partial charge in [-0.25, -0.2) is 8.42 Å². The Morgan fingerprint density at radius 2 is 1.33 bits per heavy atom. The lowest BCUT2D eigenvalue weighted by Crippen LogP contribution is -2.49. The van der Waals surface area contributed by atoms with E-state index in [1.807, 2.05) is 98.8 Å². The average molecular weight is 696 g/mol. The van der Waals surface area contributed by atoms with Gasteiger partial charge < -0.3 is 29.9 Å². The van der Waals surface area contributed by atoms with Crippen molar-refractivity contribution in [1.82, 2.24) is 4.31 Å². The Morgan fingerprint density at radius 1 is 0.792 bits per heavy atom. The smallest absolute Gasteiger partial charge is 0.335 e. The number of nitrogens with zero attached hydrogens (tertiary/aromatic N) is 1. The number of nitrogens with one attached hydrogen (secondary N) is 1. The van der Waals surface area contributed by atoms with Crippen molar-refractivity contribution in [2.24, 2.45) is 11.7 Å². The molecule has 2 atom stereocenters. The van der Waals surface area contributed by atoms with E-state index in [1.54, 1.807) is 12.1 Å². The maximum Gasteiger partial charge on any atom is 0.335 e. The van der Waals surface area contributed by atoms with E-state index in [4.69, 9.17) is 19.5 Å². The zero-order valence-corrected chi connectivity index (χ0v) is 29.4. The van der Waals surface area contributed by atoms with Gasteiger partial charge in [-0.2, -0.15) is 4.31 Å². The van der Waals surface area contributed by atoms with Crippen LogP contribution >= 0.6 is 7.60 Å². The summed E-state index contributed by atoms with van der Waals surface area (Å²) in [6, 6.07) is 31.8. The fourth-order valence-electron chi connectivity index (χ4n) is 4.87. The van der Waals surface area contributed by atoms with Gasteiger partial charge in [0.2, 0.25) is 10.0 Å². The minimum atomic E-state index is -3.88. The minimum absolute atomic E-state index is 0.0286. The van der Waals surface area contributed by atoms with Crippen molar-refractivity contribution in [3.63, 3.8) is 0 Å². The summed E-state index contributed by atoms with van der Waals surface area (Å²) in [5, 5.41) is 14.2. The maximum atomic E-state index is 13.9. The van der Waals surface area contributed by atoms with Crippen LogP contribution in [0, 0.1) is 5.92 Å². The maximum absolute atomic E-state index is 13.9. The number of anilines is 1. The van der Waals surface area contributed by atoms with E-state index in [2.05, 4.69) is 5.32 Å². The van der Waals surface area contributed by atoms with Gasteiger partial charge in [0.05, 0.1) is 37.5 Å². The number of hydrogen-bond donors (Lipinski definition) is 3. The van der Waals surface area contributed by atoms with Crippen molar-refractivity contribution in [3.8, 4) is 5.75 Å². The first kappa shape index (κ1) is 37.3. The van der Waals surface area contributed by atoms with Gasteiger partial charge in [-0.05, 0) is 59.0 Å². The Kier molecular flexibility index (Phi) is 13.8. The van der Waals surface area contributed by atoms with E-state index in [-0.39, 0.29) is 49.8 Å². The van der Waals surface area contributed by atoms with Gasteiger partial charge >= 0.3 is 7.60 Å². The average Bonchev–Trinajstić information content (AvgIpc) is 3.10. The highest BCUT2D eigenvalue weighted by Crippen LogP contribution is 2.53. The molecule has 4 N–H and O–H groups in total. The highest BCUT2D eigenvalue weighted by molar-refractivity contribution is 7.89. The first-order chi connectivity index (χ1) is 23.0. The molecule has 10 nitrogen and oxygen atoms in total. The van der Waals surface area contributed by atoms with Crippen LogP contribution in [0.4, 0.5) is 5.69 Å². The number of aliphatic hydroxyl groups is 1. The number of rotatable bonds is 19.